The SMILES string of the molecule is CC1CCCN1C1CCN(c2ccnc3ccsc23)CC1. The molecule has 4 heterocycles. The fourth-order valence-electron chi connectivity index (χ4n) is 4.05. The number of rotatable bonds is 2. The van der Waals surface area contributed by atoms with E-state index in [1.54, 1.807) is 0 Å². The van der Waals surface area contributed by atoms with E-state index in [9.17, 15) is 0 Å². The van der Waals surface area contributed by atoms with Gasteiger partial charge in [-0.2, -0.15) is 0 Å². The first kappa shape index (κ1) is 13.5. The number of aromatic nitrogens is 1. The Bertz CT molecular complexity index is 615. The molecule has 2 fully saturated rings. The van der Waals surface area contributed by atoms with E-state index in [-0.39, 0.29) is 0 Å². The lowest BCUT2D eigenvalue weighted by Crippen LogP contribution is -2.46. The molecule has 1 unspecified atom stereocenters. The van der Waals surface area contributed by atoms with Crippen molar-refractivity contribution in [1.29, 1.82) is 0 Å². The molecule has 0 radical (unpaired) electrons. The van der Waals surface area contributed by atoms with Crippen LogP contribution in [0.15, 0.2) is 23.7 Å². The smallest absolute Gasteiger partial charge is 0.0830 e. The molecule has 0 saturated carbocycles. The molecule has 4 heteroatoms. The van der Waals surface area contributed by atoms with Crippen LogP contribution >= 0.6 is 11.3 Å². The van der Waals surface area contributed by atoms with Crippen molar-refractivity contribution >= 4 is 27.2 Å². The lowest BCUT2D eigenvalue weighted by Gasteiger charge is -2.39. The highest BCUT2D eigenvalue weighted by Crippen LogP contribution is 2.33. The number of fused-ring (bicyclic) bond motifs is 1. The Balaban J connectivity index is 1.49. The molecule has 21 heavy (non-hydrogen) atoms. The molecule has 2 aliphatic heterocycles. The molecule has 0 aromatic carbocycles. The monoisotopic (exact) mass is 301 g/mol. The molecule has 0 bridgehead atoms. The van der Waals surface area contributed by atoms with Crippen molar-refractivity contribution in [3.63, 3.8) is 0 Å². The molecule has 112 valence electrons. The first-order chi connectivity index (χ1) is 10.3. The van der Waals surface area contributed by atoms with Crippen LogP contribution in [-0.4, -0.2) is 41.6 Å². The van der Waals surface area contributed by atoms with Gasteiger partial charge in [-0.3, -0.25) is 9.88 Å². The van der Waals surface area contributed by atoms with Gasteiger partial charge in [-0.15, -0.1) is 11.3 Å². The second kappa shape index (κ2) is 5.58. The second-order valence-corrected chi connectivity index (χ2v) is 7.33. The minimum absolute atomic E-state index is 0.798. The van der Waals surface area contributed by atoms with Gasteiger partial charge in [0.2, 0.25) is 0 Å². The summed E-state index contributed by atoms with van der Waals surface area (Å²) in [5.41, 5.74) is 2.54. The Morgan fingerprint density at radius 3 is 2.76 bits per heavy atom. The lowest BCUT2D eigenvalue weighted by molar-refractivity contribution is 0.163. The van der Waals surface area contributed by atoms with Crippen LogP contribution in [0.5, 0.6) is 0 Å². The van der Waals surface area contributed by atoms with Gasteiger partial charge in [0.05, 0.1) is 15.9 Å². The van der Waals surface area contributed by atoms with Crippen LogP contribution in [0.3, 0.4) is 0 Å². The van der Waals surface area contributed by atoms with Crippen molar-refractivity contribution in [3.8, 4) is 0 Å². The zero-order valence-electron chi connectivity index (χ0n) is 12.7. The summed E-state index contributed by atoms with van der Waals surface area (Å²) in [6, 6.07) is 5.92. The van der Waals surface area contributed by atoms with Crippen molar-refractivity contribution in [2.24, 2.45) is 0 Å². The number of thiophene rings is 1. The van der Waals surface area contributed by atoms with Gasteiger partial charge in [0.1, 0.15) is 0 Å². The van der Waals surface area contributed by atoms with Crippen LogP contribution in [0, 0.1) is 0 Å². The average molecular weight is 301 g/mol. The molecule has 0 N–H and O–H groups in total. The molecular weight excluding hydrogens is 278 g/mol. The Hall–Kier alpha value is -1.13. The van der Waals surface area contributed by atoms with E-state index in [2.05, 4.69) is 39.2 Å². The van der Waals surface area contributed by atoms with E-state index in [1.165, 1.54) is 55.7 Å². The van der Waals surface area contributed by atoms with Gasteiger partial charge >= 0.3 is 0 Å². The standard InChI is InChI=1S/C17H23N3S/c1-13-3-2-9-20(13)14-5-10-19(11-6-14)16-4-8-18-15-7-12-21-17(15)16/h4,7-8,12-14H,2-3,5-6,9-11H2,1H3. The number of nitrogens with zero attached hydrogens (tertiary/aromatic N) is 3. The maximum Gasteiger partial charge on any atom is 0.0830 e. The fraction of sp³-hybridized carbons (Fsp3) is 0.588. The third kappa shape index (κ3) is 2.44. The Labute approximate surface area is 130 Å². The number of pyridine rings is 1. The summed E-state index contributed by atoms with van der Waals surface area (Å²) in [7, 11) is 0. The number of anilines is 1. The van der Waals surface area contributed by atoms with E-state index in [0.717, 1.165) is 17.6 Å². The zero-order valence-corrected chi connectivity index (χ0v) is 13.5. The summed E-state index contributed by atoms with van der Waals surface area (Å²) < 4.78 is 1.35. The lowest BCUT2D eigenvalue weighted by atomic mass is 10.0. The summed E-state index contributed by atoms with van der Waals surface area (Å²) >= 11 is 1.82. The van der Waals surface area contributed by atoms with Crippen LogP contribution in [0.25, 0.3) is 10.2 Å². The summed E-state index contributed by atoms with van der Waals surface area (Å²) in [5, 5.41) is 2.15. The van der Waals surface area contributed by atoms with Gasteiger partial charge in [0, 0.05) is 31.4 Å². The normalized spacial score (nSPS) is 25.0. The van der Waals surface area contributed by atoms with E-state index in [4.69, 9.17) is 0 Å². The highest BCUT2D eigenvalue weighted by molar-refractivity contribution is 7.17. The van der Waals surface area contributed by atoms with Gasteiger partial charge in [0.25, 0.3) is 0 Å². The molecule has 4 rings (SSSR count). The molecular formula is C17H23N3S. The Morgan fingerprint density at radius 2 is 2.00 bits per heavy atom. The molecule has 1 atom stereocenters. The van der Waals surface area contributed by atoms with Crippen LogP contribution in [0.2, 0.25) is 0 Å². The predicted octanol–water partition coefficient (Wildman–Crippen LogP) is 3.75. The average Bonchev–Trinajstić information content (AvgIpc) is 3.15. The van der Waals surface area contributed by atoms with Crippen molar-refractivity contribution in [1.82, 2.24) is 9.88 Å². The molecule has 0 aliphatic carbocycles. The molecule has 2 aromatic rings. The largest absolute Gasteiger partial charge is 0.370 e. The van der Waals surface area contributed by atoms with Crippen molar-refractivity contribution in [2.75, 3.05) is 24.5 Å². The van der Waals surface area contributed by atoms with Crippen LogP contribution in [-0.2, 0) is 0 Å². The maximum absolute atomic E-state index is 4.46. The van der Waals surface area contributed by atoms with Crippen LogP contribution < -0.4 is 4.90 Å². The van der Waals surface area contributed by atoms with Gasteiger partial charge in [0.15, 0.2) is 0 Å². The minimum Gasteiger partial charge on any atom is -0.370 e. The van der Waals surface area contributed by atoms with E-state index >= 15 is 0 Å². The summed E-state index contributed by atoms with van der Waals surface area (Å²) in [6.07, 6.45) is 7.35. The Kier molecular flexibility index (Phi) is 3.59. The highest BCUT2D eigenvalue weighted by atomic mass is 32.1. The van der Waals surface area contributed by atoms with Gasteiger partial charge in [-0.1, -0.05) is 0 Å². The number of piperidine rings is 1. The third-order valence-electron chi connectivity index (χ3n) is 5.20. The summed E-state index contributed by atoms with van der Waals surface area (Å²) in [6.45, 7) is 6.09. The van der Waals surface area contributed by atoms with E-state index in [0.29, 0.717) is 0 Å². The van der Waals surface area contributed by atoms with Gasteiger partial charge in [-0.05, 0) is 56.7 Å². The minimum atomic E-state index is 0.798. The van der Waals surface area contributed by atoms with E-state index < -0.39 is 0 Å². The zero-order chi connectivity index (χ0) is 14.2. The number of likely N-dealkylation sites (tertiary alicyclic amines) is 1. The molecule has 2 saturated heterocycles. The number of hydrogen-bond donors (Lipinski definition) is 0. The first-order valence-electron chi connectivity index (χ1n) is 8.16. The van der Waals surface area contributed by atoms with Crippen molar-refractivity contribution in [2.45, 2.75) is 44.7 Å². The quantitative estimate of drug-likeness (QED) is 0.842. The molecule has 2 aromatic heterocycles. The van der Waals surface area contributed by atoms with E-state index in [1.807, 2.05) is 17.5 Å². The predicted molar refractivity (Wildman–Crippen MR) is 90.3 cm³/mol. The van der Waals surface area contributed by atoms with Gasteiger partial charge in [-0.25, -0.2) is 0 Å². The number of hydrogen-bond acceptors (Lipinski definition) is 4. The topological polar surface area (TPSA) is 19.4 Å². The van der Waals surface area contributed by atoms with Crippen molar-refractivity contribution in [3.05, 3.63) is 23.7 Å². The first-order valence-corrected chi connectivity index (χ1v) is 9.04. The molecule has 2 aliphatic rings. The molecule has 0 amide bonds. The fourth-order valence-corrected chi connectivity index (χ4v) is 4.94. The van der Waals surface area contributed by atoms with Crippen molar-refractivity contribution < 1.29 is 0 Å². The van der Waals surface area contributed by atoms with Crippen LogP contribution in [0.1, 0.15) is 32.6 Å². The highest BCUT2D eigenvalue weighted by Gasteiger charge is 2.30. The summed E-state index contributed by atoms with van der Waals surface area (Å²) in [4.78, 5) is 9.78. The Morgan fingerprint density at radius 1 is 1.14 bits per heavy atom. The maximum atomic E-state index is 4.46. The second-order valence-electron chi connectivity index (χ2n) is 6.41. The molecule has 3 nitrogen and oxygen atoms in total. The molecule has 0 spiro atoms. The summed E-state index contributed by atoms with van der Waals surface area (Å²) in [5.74, 6) is 0. The van der Waals surface area contributed by atoms with Gasteiger partial charge < -0.3 is 4.90 Å². The van der Waals surface area contributed by atoms with Crippen LogP contribution in [0.4, 0.5) is 5.69 Å². The third-order valence-corrected chi connectivity index (χ3v) is 6.13.